The fourth-order valence-electron chi connectivity index (χ4n) is 4.81. The van der Waals surface area contributed by atoms with Gasteiger partial charge in [-0.2, -0.15) is 0 Å². The summed E-state index contributed by atoms with van der Waals surface area (Å²) in [5.41, 5.74) is 4.43. The third-order valence-electron chi connectivity index (χ3n) is 6.72. The van der Waals surface area contributed by atoms with Crippen LogP contribution in [0.5, 0.6) is 5.75 Å². The number of halogens is 2. The molecule has 2 unspecified atom stereocenters. The normalized spacial score (nSPS) is 21.6. The number of benzene rings is 2. The van der Waals surface area contributed by atoms with Gasteiger partial charge in [-0.15, -0.1) is 0 Å². The number of likely N-dealkylation sites (N-methyl/N-ethyl adjacent to an activating group) is 1. The highest BCUT2D eigenvalue weighted by atomic mass is 35.5. The predicted molar refractivity (Wildman–Crippen MR) is 130 cm³/mol. The summed E-state index contributed by atoms with van der Waals surface area (Å²) in [6.45, 7) is 0.883. The summed E-state index contributed by atoms with van der Waals surface area (Å²) in [4.78, 5) is 2.38. The number of nitrogens with zero attached hydrogens (tertiary/aromatic N) is 1. The molecule has 32 heavy (non-hydrogen) atoms. The van der Waals surface area contributed by atoms with Crippen LogP contribution >= 0.6 is 23.2 Å². The first-order valence-electron chi connectivity index (χ1n) is 10.9. The Hall–Kier alpha value is -2.14. The highest BCUT2D eigenvalue weighted by Gasteiger charge is 2.34. The minimum absolute atomic E-state index is 0.189. The molecule has 1 heterocycles. The van der Waals surface area contributed by atoms with Crippen molar-refractivity contribution in [3.63, 3.8) is 0 Å². The highest BCUT2D eigenvalue weighted by Crippen LogP contribution is 2.43. The molecule has 0 aromatic heterocycles. The van der Waals surface area contributed by atoms with E-state index in [0.29, 0.717) is 28.0 Å². The molecule has 0 spiro atoms. The summed E-state index contributed by atoms with van der Waals surface area (Å²) in [6, 6.07) is 12.0. The molecule has 2 aromatic rings. The second kappa shape index (κ2) is 9.78. The zero-order valence-electron chi connectivity index (χ0n) is 18.7. The Morgan fingerprint density at radius 3 is 2.53 bits per heavy atom. The van der Waals surface area contributed by atoms with Crippen molar-refractivity contribution in [3.05, 3.63) is 86.3 Å². The maximum atomic E-state index is 11.2. The molecule has 170 valence electrons. The molecule has 0 fully saturated rings. The second-order valence-corrected chi connectivity index (χ2v) is 9.30. The zero-order valence-corrected chi connectivity index (χ0v) is 20.2. The molecule has 0 saturated heterocycles. The van der Waals surface area contributed by atoms with Crippen LogP contribution in [0.2, 0.25) is 10.0 Å². The van der Waals surface area contributed by atoms with Crippen LogP contribution in [0.4, 0.5) is 0 Å². The molecule has 1 aliphatic heterocycles. The van der Waals surface area contributed by atoms with E-state index in [1.807, 2.05) is 30.3 Å². The molecule has 0 amide bonds. The second-order valence-electron chi connectivity index (χ2n) is 8.49. The van der Waals surface area contributed by atoms with E-state index in [4.69, 9.17) is 32.7 Å². The summed E-state index contributed by atoms with van der Waals surface area (Å²) in [5.74, 6) is 1.44. The van der Waals surface area contributed by atoms with Crippen molar-refractivity contribution in [2.24, 2.45) is 0 Å². The molecule has 2 atom stereocenters. The zero-order chi connectivity index (χ0) is 22.8. The third-order valence-corrected chi connectivity index (χ3v) is 7.43. The van der Waals surface area contributed by atoms with Gasteiger partial charge in [0.25, 0.3) is 0 Å². The first-order chi connectivity index (χ1) is 15.4. The fourth-order valence-corrected chi connectivity index (χ4v) is 5.37. The number of aliphatic hydroxyl groups excluding tert-OH is 1. The van der Waals surface area contributed by atoms with Crippen molar-refractivity contribution in [1.29, 1.82) is 0 Å². The molecule has 2 aromatic carbocycles. The molecule has 6 heteroatoms. The Balaban J connectivity index is 1.77. The lowest BCUT2D eigenvalue weighted by Crippen LogP contribution is -2.35. The lowest BCUT2D eigenvalue weighted by Gasteiger charge is -2.32. The number of ether oxygens (including phenoxy) is 2. The van der Waals surface area contributed by atoms with Gasteiger partial charge < -0.3 is 19.5 Å². The summed E-state index contributed by atoms with van der Waals surface area (Å²) in [7, 11) is 5.43. The summed E-state index contributed by atoms with van der Waals surface area (Å²) in [6.07, 6.45) is 5.17. The van der Waals surface area contributed by atoms with Crippen LogP contribution in [0.25, 0.3) is 0 Å². The first kappa shape index (κ1) is 23.0. The Labute approximate surface area is 200 Å². The van der Waals surface area contributed by atoms with Gasteiger partial charge in [-0.1, -0.05) is 47.0 Å². The van der Waals surface area contributed by atoms with Gasteiger partial charge in [-0.05, 0) is 67.3 Å². The lowest BCUT2D eigenvalue weighted by molar-refractivity contribution is 0.225. The Morgan fingerprint density at radius 1 is 1.09 bits per heavy atom. The van der Waals surface area contributed by atoms with Crippen molar-refractivity contribution in [2.45, 2.75) is 37.6 Å². The molecule has 1 N–H and O–H groups in total. The van der Waals surface area contributed by atoms with Gasteiger partial charge in [-0.25, -0.2) is 0 Å². The molecular formula is C26H29Cl2NO3. The molecule has 0 saturated carbocycles. The van der Waals surface area contributed by atoms with E-state index >= 15 is 0 Å². The molecular weight excluding hydrogens is 445 g/mol. The van der Waals surface area contributed by atoms with Crippen LogP contribution in [-0.4, -0.2) is 43.9 Å². The van der Waals surface area contributed by atoms with Gasteiger partial charge in [0.2, 0.25) is 0 Å². The van der Waals surface area contributed by atoms with E-state index in [0.717, 1.165) is 42.7 Å². The standard InChI is InChI=1S/C26H29Cl2NO3/c1-29-12-11-16-7-9-19(31-2)15-20(16)25-17(8-10-24(32-3)26(25)30)13-18(29)14-21-22(27)5-4-6-23(21)28/h4-9,15,18,25,30H,10-14H2,1-3H3. The largest absolute Gasteiger partial charge is 0.508 e. The van der Waals surface area contributed by atoms with E-state index in [2.05, 4.69) is 24.1 Å². The van der Waals surface area contributed by atoms with Crippen LogP contribution in [0.15, 0.2) is 59.6 Å². The molecule has 0 bridgehead atoms. The van der Waals surface area contributed by atoms with E-state index in [9.17, 15) is 5.11 Å². The van der Waals surface area contributed by atoms with Gasteiger partial charge in [0, 0.05) is 29.1 Å². The van der Waals surface area contributed by atoms with Crippen molar-refractivity contribution in [3.8, 4) is 5.75 Å². The van der Waals surface area contributed by atoms with E-state index in [-0.39, 0.29) is 12.0 Å². The van der Waals surface area contributed by atoms with Crippen molar-refractivity contribution in [1.82, 2.24) is 4.90 Å². The Kier molecular flexibility index (Phi) is 7.04. The minimum Gasteiger partial charge on any atom is -0.508 e. The predicted octanol–water partition coefficient (Wildman–Crippen LogP) is 6.32. The molecule has 2 aliphatic rings. The van der Waals surface area contributed by atoms with Crippen molar-refractivity contribution in [2.75, 3.05) is 27.8 Å². The van der Waals surface area contributed by atoms with Crippen LogP contribution in [-0.2, 0) is 17.6 Å². The minimum atomic E-state index is -0.250. The number of hydrogen-bond donors (Lipinski definition) is 1. The lowest BCUT2D eigenvalue weighted by atomic mass is 9.79. The number of fused-ring (bicyclic) bond motifs is 3. The monoisotopic (exact) mass is 473 g/mol. The number of allylic oxidation sites excluding steroid dienone is 2. The quantitative estimate of drug-likeness (QED) is 0.527. The number of hydrogen-bond acceptors (Lipinski definition) is 4. The maximum Gasteiger partial charge on any atom is 0.142 e. The van der Waals surface area contributed by atoms with Crippen LogP contribution < -0.4 is 4.74 Å². The Bertz CT molecular complexity index is 1040. The third kappa shape index (κ3) is 4.50. The van der Waals surface area contributed by atoms with Gasteiger partial charge in [-0.3, -0.25) is 0 Å². The number of aliphatic hydroxyl groups is 1. The van der Waals surface area contributed by atoms with Gasteiger partial charge in [0.05, 0.1) is 20.1 Å². The van der Waals surface area contributed by atoms with Crippen molar-refractivity contribution >= 4 is 23.2 Å². The van der Waals surface area contributed by atoms with E-state index in [1.165, 1.54) is 11.1 Å². The van der Waals surface area contributed by atoms with E-state index in [1.54, 1.807) is 14.2 Å². The van der Waals surface area contributed by atoms with Gasteiger partial charge >= 0.3 is 0 Å². The molecule has 4 nitrogen and oxygen atoms in total. The SMILES string of the molecule is COC1=C(O)C2C(=CC1)CC(Cc1c(Cl)cccc1Cl)N(C)CCc1ccc(OC)cc12. The average molecular weight is 474 g/mol. The summed E-state index contributed by atoms with van der Waals surface area (Å²) in [5, 5.41) is 12.6. The van der Waals surface area contributed by atoms with Gasteiger partial charge in [0.1, 0.15) is 17.3 Å². The number of methoxy groups -OCH3 is 2. The van der Waals surface area contributed by atoms with Crippen molar-refractivity contribution < 1.29 is 14.6 Å². The van der Waals surface area contributed by atoms with Crippen LogP contribution in [0.3, 0.4) is 0 Å². The van der Waals surface area contributed by atoms with E-state index < -0.39 is 0 Å². The van der Waals surface area contributed by atoms with Crippen LogP contribution in [0, 0.1) is 0 Å². The van der Waals surface area contributed by atoms with Crippen LogP contribution in [0.1, 0.15) is 35.4 Å². The average Bonchev–Trinajstić information content (AvgIpc) is 2.84. The summed E-state index contributed by atoms with van der Waals surface area (Å²) < 4.78 is 11.0. The molecule has 1 aliphatic carbocycles. The molecule has 0 radical (unpaired) electrons. The molecule has 4 rings (SSSR count). The topological polar surface area (TPSA) is 41.9 Å². The highest BCUT2D eigenvalue weighted by molar-refractivity contribution is 6.36. The smallest absolute Gasteiger partial charge is 0.142 e. The number of rotatable bonds is 4. The fraction of sp³-hybridized carbons (Fsp3) is 0.385. The summed E-state index contributed by atoms with van der Waals surface area (Å²) >= 11 is 13.0. The first-order valence-corrected chi connectivity index (χ1v) is 11.6. The van der Waals surface area contributed by atoms with Gasteiger partial charge in [0.15, 0.2) is 0 Å². The maximum absolute atomic E-state index is 11.2. The Morgan fingerprint density at radius 2 is 1.84 bits per heavy atom.